The fraction of sp³-hybridized carbons (Fsp3) is 0.765. The Morgan fingerprint density at radius 1 is 1.15 bits per heavy atom. The van der Waals surface area contributed by atoms with E-state index in [1.165, 1.54) is 51.4 Å². The van der Waals surface area contributed by atoms with Gasteiger partial charge in [-0.1, -0.05) is 19.8 Å². The second kappa shape index (κ2) is 6.66. The van der Waals surface area contributed by atoms with Gasteiger partial charge in [-0.15, -0.1) is 0 Å². The second-order valence-corrected chi connectivity index (χ2v) is 6.57. The van der Waals surface area contributed by atoms with E-state index >= 15 is 0 Å². The Balaban J connectivity index is 1.55. The highest BCUT2D eigenvalue weighted by molar-refractivity contribution is 5.07. The van der Waals surface area contributed by atoms with Gasteiger partial charge >= 0.3 is 0 Å². The van der Waals surface area contributed by atoms with Gasteiger partial charge in [0, 0.05) is 24.7 Å². The summed E-state index contributed by atoms with van der Waals surface area (Å²) in [5.74, 6) is 2.65. The fourth-order valence-corrected chi connectivity index (χ4v) is 3.36. The molecule has 0 saturated heterocycles. The number of nitrogens with one attached hydrogen (secondary N) is 1. The molecule has 0 bridgehead atoms. The molecule has 0 unspecified atom stereocenters. The van der Waals surface area contributed by atoms with Gasteiger partial charge in [0.1, 0.15) is 5.82 Å². The Morgan fingerprint density at radius 3 is 2.65 bits per heavy atom. The molecule has 1 aromatic rings. The highest BCUT2D eigenvalue weighted by atomic mass is 15.0. The number of hydrogen-bond acceptors (Lipinski definition) is 3. The first kappa shape index (κ1) is 14.0. The molecule has 20 heavy (non-hydrogen) atoms. The van der Waals surface area contributed by atoms with E-state index in [1.807, 2.05) is 6.20 Å². The van der Waals surface area contributed by atoms with Crippen molar-refractivity contribution in [3.8, 4) is 0 Å². The molecule has 3 rings (SSSR count). The molecule has 2 fully saturated rings. The Hall–Kier alpha value is -0.960. The van der Waals surface area contributed by atoms with Crippen molar-refractivity contribution in [3.05, 3.63) is 23.8 Å². The fourth-order valence-electron chi connectivity index (χ4n) is 3.36. The summed E-state index contributed by atoms with van der Waals surface area (Å²) in [5, 5.41) is 3.54. The van der Waals surface area contributed by atoms with Crippen LogP contribution >= 0.6 is 0 Å². The van der Waals surface area contributed by atoms with Crippen LogP contribution in [-0.4, -0.2) is 16.0 Å². The van der Waals surface area contributed by atoms with Crippen molar-refractivity contribution >= 4 is 0 Å². The number of aromatic nitrogens is 2. The summed E-state index contributed by atoms with van der Waals surface area (Å²) < 4.78 is 0. The minimum atomic E-state index is 0.601. The molecule has 0 radical (unpaired) electrons. The van der Waals surface area contributed by atoms with Gasteiger partial charge in [-0.05, 0) is 50.5 Å². The van der Waals surface area contributed by atoms with E-state index in [9.17, 15) is 0 Å². The average molecular weight is 273 g/mol. The van der Waals surface area contributed by atoms with Crippen molar-refractivity contribution in [2.75, 3.05) is 0 Å². The Bertz CT molecular complexity index is 420. The smallest absolute Gasteiger partial charge is 0.131 e. The van der Waals surface area contributed by atoms with Gasteiger partial charge in [-0.25, -0.2) is 9.97 Å². The summed E-state index contributed by atoms with van der Waals surface area (Å²) in [5.41, 5.74) is 1.16. The lowest BCUT2D eigenvalue weighted by atomic mass is 9.80. The minimum absolute atomic E-state index is 0.601. The van der Waals surface area contributed by atoms with Gasteiger partial charge in [-0.3, -0.25) is 0 Å². The molecule has 2 aliphatic rings. The molecule has 0 amide bonds. The Kier molecular flexibility index (Phi) is 4.66. The van der Waals surface area contributed by atoms with Crippen LogP contribution in [0, 0.1) is 5.92 Å². The first-order chi connectivity index (χ1) is 9.85. The second-order valence-electron chi connectivity index (χ2n) is 6.57. The monoisotopic (exact) mass is 273 g/mol. The first-order valence-electron chi connectivity index (χ1n) is 8.40. The molecule has 1 N–H and O–H groups in total. The molecule has 0 spiro atoms. The summed E-state index contributed by atoms with van der Waals surface area (Å²) in [6.07, 6.45) is 12.6. The molecule has 1 aromatic heterocycles. The van der Waals surface area contributed by atoms with Crippen LogP contribution in [0.5, 0.6) is 0 Å². The van der Waals surface area contributed by atoms with Gasteiger partial charge in [0.15, 0.2) is 0 Å². The van der Waals surface area contributed by atoms with Crippen molar-refractivity contribution in [1.82, 2.24) is 15.3 Å². The van der Waals surface area contributed by atoms with E-state index in [0.717, 1.165) is 30.0 Å². The standard InChI is InChI=1S/C17H27N3/c1-2-3-13-4-6-14(7-5-13)17-18-11-10-16(20-17)12-19-15-8-9-15/h10-11,13-15,19H,2-9,12H2,1H3. The van der Waals surface area contributed by atoms with Gasteiger partial charge in [0.2, 0.25) is 0 Å². The Labute approximate surface area is 122 Å². The van der Waals surface area contributed by atoms with Crippen LogP contribution in [0.2, 0.25) is 0 Å². The van der Waals surface area contributed by atoms with Crippen LogP contribution in [0.15, 0.2) is 12.3 Å². The summed E-state index contributed by atoms with van der Waals surface area (Å²) in [6, 6.07) is 2.81. The number of hydrogen-bond donors (Lipinski definition) is 1. The van der Waals surface area contributed by atoms with Gasteiger partial charge in [-0.2, -0.15) is 0 Å². The predicted octanol–water partition coefficient (Wildman–Crippen LogP) is 3.80. The zero-order valence-corrected chi connectivity index (χ0v) is 12.6. The molecule has 110 valence electrons. The maximum Gasteiger partial charge on any atom is 0.131 e. The highest BCUT2D eigenvalue weighted by Crippen LogP contribution is 2.36. The molecule has 3 heteroatoms. The van der Waals surface area contributed by atoms with E-state index in [0.29, 0.717) is 5.92 Å². The molecular weight excluding hydrogens is 246 g/mol. The Morgan fingerprint density at radius 2 is 1.95 bits per heavy atom. The van der Waals surface area contributed by atoms with Crippen LogP contribution in [0.25, 0.3) is 0 Å². The van der Waals surface area contributed by atoms with Crippen LogP contribution in [-0.2, 0) is 6.54 Å². The summed E-state index contributed by atoms with van der Waals surface area (Å²) in [4.78, 5) is 9.33. The summed E-state index contributed by atoms with van der Waals surface area (Å²) in [6.45, 7) is 3.21. The van der Waals surface area contributed by atoms with Crippen LogP contribution < -0.4 is 5.32 Å². The summed E-state index contributed by atoms with van der Waals surface area (Å²) >= 11 is 0. The van der Waals surface area contributed by atoms with Crippen molar-refractivity contribution in [2.45, 2.75) is 76.8 Å². The molecule has 2 saturated carbocycles. The maximum atomic E-state index is 4.79. The number of nitrogens with zero attached hydrogens (tertiary/aromatic N) is 2. The average Bonchev–Trinajstić information content (AvgIpc) is 3.31. The quantitative estimate of drug-likeness (QED) is 0.856. The molecule has 0 atom stereocenters. The van der Waals surface area contributed by atoms with Crippen molar-refractivity contribution in [3.63, 3.8) is 0 Å². The minimum Gasteiger partial charge on any atom is -0.308 e. The van der Waals surface area contributed by atoms with Gasteiger partial charge < -0.3 is 5.32 Å². The SMILES string of the molecule is CCCC1CCC(c2nccc(CNC3CC3)n2)CC1. The van der Waals surface area contributed by atoms with Crippen LogP contribution in [0.4, 0.5) is 0 Å². The predicted molar refractivity (Wildman–Crippen MR) is 81.5 cm³/mol. The lowest BCUT2D eigenvalue weighted by Crippen LogP contribution is -2.19. The molecule has 0 aliphatic heterocycles. The van der Waals surface area contributed by atoms with Gasteiger partial charge in [0.25, 0.3) is 0 Å². The van der Waals surface area contributed by atoms with E-state index < -0.39 is 0 Å². The molecular formula is C17H27N3. The number of rotatable bonds is 6. The van der Waals surface area contributed by atoms with Crippen molar-refractivity contribution in [2.24, 2.45) is 5.92 Å². The third-order valence-corrected chi connectivity index (χ3v) is 4.79. The van der Waals surface area contributed by atoms with E-state index in [1.54, 1.807) is 0 Å². The normalized spacial score (nSPS) is 26.6. The van der Waals surface area contributed by atoms with Crippen LogP contribution in [0.3, 0.4) is 0 Å². The van der Waals surface area contributed by atoms with E-state index in [4.69, 9.17) is 4.98 Å². The summed E-state index contributed by atoms with van der Waals surface area (Å²) in [7, 11) is 0. The van der Waals surface area contributed by atoms with Gasteiger partial charge in [0.05, 0.1) is 5.69 Å². The van der Waals surface area contributed by atoms with Crippen molar-refractivity contribution < 1.29 is 0 Å². The topological polar surface area (TPSA) is 37.8 Å². The molecule has 0 aromatic carbocycles. The molecule has 3 nitrogen and oxygen atoms in total. The lowest BCUT2D eigenvalue weighted by Gasteiger charge is -2.27. The van der Waals surface area contributed by atoms with Crippen LogP contribution in [0.1, 0.15) is 75.7 Å². The largest absolute Gasteiger partial charge is 0.308 e. The highest BCUT2D eigenvalue weighted by Gasteiger charge is 2.24. The van der Waals surface area contributed by atoms with Crippen molar-refractivity contribution in [1.29, 1.82) is 0 Å². The third-order valence-electron chi connectivity index (χ3n) is 4.79. The lowest BCUT2D eigenvalue weighted by molar-refractivity contribution is 0.302. The van der Waals surface area contributed by atoms with E-state index in [2.05, 4.69) is 23.3 Å². The molecule has 1 heterocycles. The molecule has 2 aliphatic carbocycles. The maximum absolute atomic E-state index is 4.79. The zero-order valence-electron chi connectivity index (χ0n) is 12.6. The zero-order chi connectivity index (χ0) is 13.8. The third kappa shape index (κ3) is 3.78. The van der Waals surface area contributed by atoms with E-state index in [-0.39, 0.29) is 0 Å². The first-order valence-corrected chi connectivity index (χ1v) is 8.40.